The third kappa shape index (κ3) is 2.66. The van der Waals surface area contributed by atoms with Crippen molar-refractivity contribution in [2.24, 2.45) is 5.73 Å². The van der Waals surface area contributed by atoms with E-state index in [1.54, 1.807) is 18.2 Å². The number of nitrogens with zero attached hydrogens (tertiary/aromatic N) is 1. The Morgan fingerprint density at radius 2 is 2.05 bits per heavy atom. The molecule has 112 valence electrons. The van der Waals surface area contributed by atoms with E-state index in [4.69, 9.17) is 5.73 Å². The minimum absolute atomic E-state index is 0.186. The number of hydrogen-bond acceptors (Lipinski definition) is 2. The van der Waals surface area contributed by atoms with Crippen LogP contribution in [0, 0.1) is 6.92 Å². The number of phenols is 1. The average molecular weight is 286 g/mol. The number of benzene rings is 1. The Labute approximate surface area is 125 Å². The molecule has 1 amide bonds. The first-order chi connectivity index (χ1) is 10.0. The average Bonchev–Trinajstić information content (AvgIpc) is 2.72. The Kier molecular flexibility index (Phi) is 4.36. The van der Waals surface area contributed by atoms with Crippen molar-refractivity contribution in [3.8, 4) is 16.9 Å². The first-order valence-corrected chi connectivity index (χ1v) is 7.32. The quantitative estimate of drug-likeness (QED) is 0.886. The third-order valence-electron chi connectivity index (χ3n) is 3.79. The van der Waals surface area contributed by atoms with Gasteiger partial charge in [0, 0.05) is 23.5 Å². The van der Waals surface area contributed by atoms with Crippen LogP contribution in [0.3, 0.4) is 0 Å². The van der Waals surface area contributed by atoms with Crippen LogP contribution in [0.4, 0.5) is 0 Å². The van der Waals surface area contributed by atoms with E-state index in [0.29, 0.717) is 5.56 Å². The van der Waals surface area contributed by atoms with Crippen LogP contribution in [-0.2, 0) is 13.0 Å². The maximum Gasteiger partial charge on any atom is 0.251 e. The van der Waals surface area contributed by atoms with Gasteiger partial charge in [0.05, 0.1) is 5.56 Å². The lowest BCUT2D eigenvalue weighted by Crippen LogP contribution is -2.13. The molecule has 0 radical (unpaired) electrons. The molecule has 1 aromatic heterocycles. The summed E-state index contributed by atoms with van der Waals surface area (Å²) >= 11 is 0. The Morgan fingerprint density at radius 1 is 1.33 bits per heavy atom. The molecule has 1 heterocycles. The second-order valence-corrected chi connectivity index (χ2v) is 5.20. The van der Waals surface area contributed by atoms with Crippen LogP contribution in [-0.4, -0.2) is 15.6 Å². The Hall–Kier alpha value is -2.23. The lowest BCUT2D eigenvalue weighted by Gasteiger charge is -2.10. The van der Waals surface area contributed by atoms with Crippen LogP contribution in [0.2, 0.25) is 0 Å². The predicted octanol–water partition coefficient (Wildman–Crippen LogP) is 3.24. The molecule has 2 rings (SSSR count). The van der Waals surface area contributed by atoms with Gasteiger partial charge in [0.1, 0.15) is 5.75 Å². The summed E-state index contributed by atoms with van der Waals surface area (Å²) in [5, 5.41) is 9.72. The van der Waals surface area contributed by atoms with Crippen LogP contribution in [0.15, 0.2) is 24.3 Å². The minimum atomic E-state index is -0.421. The van der Waals surface area contributed by atoms with E-state index in [1.807, 2.05) is 13.0 Å². The fourth-order valence-corrected chi connectivity index (χ4v) is 2.97. The van der Waals surface area contributed by atoms with Crippen molar-refractivity contribution in [3.05, 3.63) is 41.2 Å². The Balaban J connectivity index is 2.79. The highest BCUT2D eigenvalue weighted by atomic mass is 16.3. The van der Waals surface area contributed by atoms with Gasteiger partial charge in [0.2, 0.25) is 0 Å². The number of amides is 1. The van der Waals surface area contributed by atoms with Crippen LogP contribution in [0.5, 0.6) is 5.75 Å². The van der Waals surface area contributed by atoms with Gasteiger partial charge in [-0.05, 0) is 37.5 Å². The van der Waals surface area contributed by atoms with Gasteiger partial charge in [-0.1, -0.05) is 26.0 Å². The molecule has 0 spiro atoms. The molecule has 0 saturated carbocycles. The van der Waals surface area contributed by atoms with Crippen molar-refractivity contribution in [1.82, 2.24) is 4.57 Å². The number of carbonyl (C=O) groups excluding carboxylic acids is 1. The lowest BCUT2D eigenvalue weighted by atomic mass is 9.98. The zero-order chi connectivity index (χ0) is 15.6. The van der Waals surface area contributed by atoms with Crippen LogP contribution in [0.1, 0.15) is 42.0 Å². The lowest BCUT2D eigenvalue weighted by molar-refractivity contribution is 0.1000. The molecule has 4 heteroatoms. The number of carbonyl (C=O) groups is 1. The molecule has 3 N–H and O–H groups in total. The first kappa shape index (κ1) is 15.2. The third-order valence-corrected chi connectivity index (χ3v) is 3.79. The smallest absolute Gasteiger partial charge is 0.251 e. The second-order valence-electron chi connectivity index (χ2n) is 5.20. The molecule has 0 aliphatic carbocycles. The molecule has 0 bridgehead atoms. The number of nitrogens with two attached hydrogens (primary N) is 1. The summed E-state index contributed by atoms with van der Waals surface area (Å²) in [6.45, 7) is 6.96. The molecule has 0 saturated heterocycles. The fourth-order valence-electron chi connectivity index (χ4n) is 2.97. The Bertz CT molecular complexity index is 672. The van der Waals surface area contributed by atoms with Crippen molar-refractivity contribution in [2.75, 3.05) is 0 Å². The van der Waals surface area contributed by atoms with Crippen molar-refractivity contribution >= 4 is 5.91 Å². The number of primary amides is 1. The van der Waals surface area contributed by atoms with E-state index in [-0.39, 0.29) is 5.75 Å². The van der Waals surface area contributed by atoms with Gasteiger partial charge in [-0.3, -0.25) is 4.79 Å². The zero-order valence-electron chi connectivity index (χ0n) is 12.8. The molecule has 4 nitrogen and oxygen atoms in total. The van der Waals surface area contributed by atoms with Crippen molar-refractivity contribution < 1.29 is 9.90 Å². The minimum Gasteiger partial charge on any atom is -0.508 e. The van der Waals surface area contributed by atoms with Gasteiger partial charge in [0.25, 0.3) is 5.91 Å². The van der Waals surface area contributed by atoms with Gasteiger partial charge >= 0.3 is 0 Å². The number of rotatable bonds is 5. The summed E-state index contributed by atoms with van der Waals surface area (Å²) in [6, 6.07) is 6.98. The highest BCUT2D eigenvalue weighted by molar-refractivity contribution is 6.02. The van der Waals surface area contributed by atoms with Gasteiger partial charge in [-0.2, -0.15) is 0 Å². The normalized spacial score (nSPS) is 10.8. The number of aromatic nitrogens is 1. The van der Waals surface area contributed by atoms with Crippen LogP contribution >= 0.6 is 0 Å². The SMILES string of the molecule is CCCn1c(C)c(C(N)=O)c(-c2cccc(O)c2)c1CC. The standard InChI is InChI=1S/C17H22N2O2/c1-4-9-19-11(3)15(17(18)21)16(14(19)5-2)12-7-6-8-13(20)10-12/h6-8,10,20H,4-5,9H2,1-3H3,(H2,18,21). The molecule has 0 fully saturated rings. The van der Waals surface area contributed by atoms with E-state index in [2.05, 4.69) is 18.4 Å². The van der Waals surface area contributed by atoms with E-state index < -0.39 is 5.91 Å². The van der Waals surface area contributed by atoms with Crippen molar-refractivity contribution in [3.63, 3.8) is 0 Å². The van der Waals surface area contributed by atoms with E-state index in [9.17, 15) is 9.90 Å². The molecule has 21 heavy (non-hydrogen) atoms. The monoisotopic (exact) mass is 286 g/mol. The van der Waals surface area contributed by atoms with Gasteiger partial charge in [-0.25, -0.2) is 0 Å². The molecule has 0 atom stereocenters. The molecule has 0 unspecified atom stereocenters. The van der Waals surface area contributed by atoms with Crippen LogP contribution in [0.25, 0.3) is 11.1 Å². The molecular weight excluding hydrogens is 264 g/mol. The van der Waals surface area contributed by atoms with E-state index in [0.717, 1.165) is 41.9 Å². The van der Waals surface area contributed by atoms with Crippen molar-refractivity contribution in [2.45, 2.75) is 40.2 Å². The highest BCUT2D eigenvalue weighted by Crippen LogP contribution is 2.34. The number of aromatic hydroxyl groups is 1. The summed E-state index contributed by atoms with van der Waals surface area (Å²) in [5.74, 6) is -0.235. The van der Waals surface area contributed by atoms with Gasteiger partial charge < -0.3 is 15.4 Å². The zero-order valence-corrected chi connectivity index (χ0v) is 12.8. The molecule has 0 aliphatic heterocycles. The first-order valence-electron chi connectivity index (χ1n) is 7.32. The Morgan fingerprint density at radius 3 is 2.57 bits per heavy atom. The second kappa shape index (κ2) is 6.04. The summed E-state index contributed by atoms with van der Waals surface area (Å²) in [7, 11) is 0. The highest BCUT2D eigenvalue weighted by Gasteiger charge is 2.23. The molecular formula is C17H22N2O2. The van der Waals surface area contributed by atoms with Crippen molar-refractivity contribution in [1.29, 1.82) is 0 Å². The fraction of sp³-hybridized carbons (Fsp3) is 0.353. The molecule has 2 aromatic rings. The topological polar surface area (TPSA) is 68.2 Å². The summed E-state index contributed by atoms with van der Waals surface area (Å²) in [5.41, 5.74) is 9.85. The maximum absolute atomic E-state index is 11.9. The van der Waals surface area contributed by atoms with Gasteiger partial charge in [-0.15, -0.1) is 0 Å². The largest absolute Gasteiger partial charge is 0.508 e. The molecule has 1 aromatic carbocycles. The van der Waals surface area contributed by atoms with Crippen LogP contribution < -0.4 is 5.73 Å². The van der Waals surface area contributed by atoms with E-state index >= 15 is 0 Å². The predicted molar refractivity (Wildman–Crippen MR) is 84.5 cm³/mol. The van der Waals surface area contributed by atoms with E-state index in [1.165, 1.54) is 0 Å². The summed E-state index contributed by atoms with van der Waals surface area (Å²) in [4.78, 5) is 11.9. The van der Waals surface area contributed by atoms with Gasteiger partial charge in [0.15, 0.2) is 0 Å². The molecule has 0 aliphatic rings. The maximum atomic E-state index is 11.9. The summed E-state index contributed by atoms with van der Waals surface area (Å²) in [6.07, 6.45) is 1.79. The number of hydrogen-bond donors (Lipinski definition) is 2. The summed E-state index contributed by atoms with van der Waals surface area (Å²) < 4.78 is 2.17. The number of phenolic OH excluding ortho intramolecular Hbond substituents is 1.